The second kappa shape index (κ2) is 5.52. The van der Waals surface area contributed by atoms with Gasteiger partial charge >= 0.3 is 5.97 Å². The van der Waals surface area contributed by atoms with Gasteiger partial charge in [-0.2, -0.15) is 5.10 Å². The third-order valence-electron chi connectivity index (χ3n) is 2.42. The highest BCUT2D eigenvalue weighted by atomic mass is 16.5. The van der Waals surface area contributed by atoms with Crippen LogP contribution in [0.25, 0.3) is 0 Å². The Bertz CT molecular complexity index is 453. The molecule has 0 aliphatic heterocycles. The summed E-state index contributed by atoms with van der Waals surface area (Å²) >= 11 is 0. The smallest absolute Gasteiger partial charge is 0.361 e. The van der Waals surface area contributed by atoms with Gasteiger partial charge in [0.15, 0.2) is 5.69 Å². The summed E-state index contributed by atoms with van der Waals surface area (Å²) in [6.07, 6.45) is 1.46. The van der Waals surface area contributed by atoms with E-state index in [0.29, 0.717) is 0 Å². The Kier molecular flexibility index (Phi) is 4.30. The van der Waals surface area contributed by atoms with Crippen LogP contribution >= 0.6 is 0 Å². The van der Waals surface area contributed by atoms with E-state index in [1.54, 1.807) is 27.9 Å². The maximum absolute atomic E-state index is 11.8. The van der Waals surface area contributed by atoms with Crippen LogP contribution < -0.4 is 5.73 Å². The first-order chi connectivity index (χ1) is 8.38. The number of nitrogens with zero attached hydrogens (tertiary/aromatic N) is 3. The average Bonchev–Trinajstić information content (AvgIpc) is 2.69. The normalized spacial score (nSPS) is 12.0. The number of ether oxygens (including phenoxy) is 1. The number of rotatable bonds is 4. The molecule has 1 aromatic heterocycles. The molecule has 1 aromatic rings. The Morgan fingerprint density at radius 1 is 1.56 bits per heavy atom. The van der Waals surface area contributed by atoms with Gasteiger partial charge in [0.2, 0.25) is 5.91 Å². The van der Waals surface area contributed by atoms with E-state index in [1.807, 2.05) is 0 Å². The number of aromatic nitrogens is 2. The van der Waals surface area contributed by atoms with E-state index in [1.165, 1.54) is 15.8 Å². The number of hydrogen-bond donors (Lipinski definition) is 1. The second-order valence-electron chi connectivity index (χ2n) is 4.04. The number of carbonyl (C=O) groups is 2. The molecule has 0 saturated carbocycles. The van der Waals surface area contributed by atoms with Gasteiger partial charge in [-0.15, -0.1) is 0 Å². The summed E-state index contributed by atoms with van der Waals surface area (Å²) < 4.78 is 6.18. The predicted molar refractivity (Wildman–Crippen MR) is 66.0 cm³/mol. The van der Waals surface area contributed by atoms with Crippen LogP contribution in [0.2, 0.25) is 0 Å². The predicted octanol–water partition coefficient (Wildman–Crippen LogP) is 0.291. The van der Waals surface area contributed by atoms with Crippen LogP contribution in [0.4, 0.5) is 5.69 Å². The highest BCUT2D eigenvalue weighted by molar-refractivity contribution is 5.92. The van der Waals surface area contributed by atoms with Gasteiger partial charge in [0.25, 0.3) is 0 Å². The van der Waals surface area contributed by atoms with Crippen LogP contribution in [0, 0.1) is 0 Å². The summed E-state index contributed by atoms with van der Waals surface area (Å²) in [5, 5.41) is 4.00. The van der Waals surface area contributed by atoms with E-state index in [9.17, 15) is 9.59 Å². The van der Waals surface area contributed by atoms with Gasteiger partial charge in [0, 0.05) is 20.3 Å². The Balaban J connectivity index is 2.97. The van der Waals surface area contributed by atoms with E-state index in [-0.39, 0.29) is 23.9 Å². The quantitative estimate of drug-likeness (QED) is 0.780. The average molecular weight is 254 g/mol. The molecule has 0 bridgehead atoms. The molecule has 0 aliphatic rings. The Hall–Kier alpha value is -2.05. The van der Waals surface area contributed by atoms with E-state index in [0.717, 1.165) is 0 Å². The lowest BCUT2D eigenvalue weighted by molar-refractivity contribution is -0.132. The maximum atomic E-state index is 11.8. The number of anilines is 1. The standard InChI is InChI=1S/C11H18N4O3/c1-5-18-11(17)9-8(12)6-15(13-9)7(2)10(16)14(3)4/h6-7H,5,12H2,1-4H3. The third kappa shape index (κ3) is 2.79. The van der Waals surface area contributed by atoms with Gasteiger partial charge in [-0.3, -0.25) is 9.48 Å². The molecule has 0 fully saturated rings. The largest absolute Gasteiger partial charge is 0.461 e. The minimum Gasteiger partial charge on any atom is -0.461 e. The number of nitrogens with two attached hydrogens (primary N) is 1. The summed E-state index contributed by atoms with van der Waals surface area (Å²) in [5.74, 6) is -0.717. The monoisotopic (exact) mass is 254 g/mol. The van der Waals surface area contributed by atoms with Gasteiger partial charge in [0.1, 0.15) is 6.04 Å². The molecule has 100 valence electrons. The van der Waals surface area contributed by atoms with Gasteiger partial charge in [-0.1, -0.05) is 0 Å². The van der Waals surface area contributed by atoms with Crippen LogP contribution in [-0.2, 0) is 9.53 Å². The minimum atomic E-state index is -0.585. The molecule has 1 atom stereocenters. The number of hydrogen-bond acceptors (Lipinski definition) is 5. The molecular formula is C11H18N4O3. The zero-order chi connectivity index (χ0) is 13.9. The van der Waals surface area contributed by atoms with Gasteiger partial charge in [-0.05, 0) is 13.8 Å². The first-order valence-electron chi connectivity index (χ1n) is 5.61. The first kappa shape index (κ1) is 14.0. The maximum Gasteiger partial charge on any atom is 0.361 e. The van der Waals surface area contributed by atoms with Crippen LogP contribution in [0.3, 0.4) is 0 Å². The minimum absolute atomic E-state index is 0.0373. The lowest BCUT2D eigenvalue weighted by atomic mass is 10.3. The van der Waals surface area contributed by atoms with Crippen molar-refractivity contribution in [3.05, 3.63) is 11.9 Å². The van der Waals surface area contributed by atoms with Crippen molar-refractivity contribution in [3.8, 4) is 0 Å². The van der Waals surface area contributed by atoms with E-state index in [2.05, 4.69) is 5.10 Å². The molecule has 0 spiro atoms. The van der Waals surface area contributed by atoms with Crippen molar-refractivity contribution in [1.82, 2.24) is 14.7 Å². The van der Waals surface area contributed by atoms with Crippen molar-refractivity contribution >= 4 is 17.6 Å². The number of nitrogen functional groups attached to an aromatic ring is 1. The molecule has 0 saturated heterocycles. The molecule has 18 heavy (non-hydrogen) atoms. The van der Waals surface area contributed by atoms with Crippen LogP contribution in [0.5, 0.6) is 0 Å². The highest BCUT2D eigenvalue weighted by Gasteiger charge is 2.22. The molecule has 7 heteroatoms. The zero-order valence-electron chi connectivity index (χ0n) is 11.0. The fraction of sp³-hybridized carbons (Fsp3) is 0.545. The Morgan fingerprint density at radius 2 is 2.17 bits per heavy atom. The topological polar surface area (TPSA) is 90.4 Å². The fourth-order valence-corrected chi connectivity index (χ4v) is 1.45. The van der Waals surface area contributed by atoms with E-state index >= 15 is 0 Å². The molecule has 1 heterocycles. The van der Waals surface area contributed by atoms with Crippen molar-refractivity contribution in [2.75, 3.05) is 26.4 Å². The zero-order valence-corrected chi connectivity index (χ0v) is 11.0. The third-order valence-corrected chi connectivity index (χ3v) is 2.42. The molecular weight excluding hydrogens is 236 g/mol. The summed E-state index contributed by atoms with van der Waals surface area (Å²) in [6, 6.07) is -0.523. The van der Waals surface area contributed by atoms with Crippen molar-refractivity contribution in [1.29, 1.82) is 0 Å². The van der Waals surface area contributed by atoms with Gasteiger partial charge in [0.05, 0.1) is 12.3 Å². The SMILES string of the molecule is CCOC(=O)c1nn(C(C)C(=O)N(C)C)cc1N. The highest BCUT2D eigenvalue weighted by Crippen LogP contribution is 2.15. The summed E-state index contributed by atoms with van der Waals surface area (Å²) in [4.78, 5) is 24.8. The van der Waals surface area contributed by atoms with E-state index < -0.39 is 12.0 Å². The van der Waals surface area contributed by atoms with Crippen LogP contribution in [-0.4, -0.2) is 47.3 Å². The Labute approximate surface area is 105 Å². The molecule has 1 unspecified atom stereocenters. The number of likely N-dealkylation sites (N-methyl/N-ethyl adjacent to an activating group) is 1. The van der Waals surface area contributed by atoms with Crippen molar-refractivity contribution in [2.45, 2.75) is 19.9 Å². The molecule has 7 nitrogen and oxygen atoms in total. The molecule has 1 rings (SSSR count). The van der Waals surface area contributed by atoms with Crippen molar-refractivity contribution < 1.29 is 14.3 Å². The lowest BCUT2D eigenvalue weighted by Gasteiger charge is -2.16. The molecule has 0 aromatic carbocycles. The lowest BCUT2D eigenvalue weighted by Crippen LogP contribution is -2.30. The van der Waals surface area contributed by atoms with Crippen molar-refractivity contribution in [3.63, 3.8) is 0 Å². The molecule has 2 N–H and O–H groups in total. The number of amides is 1. The summed E-state index contributed by atoms with van der Waals surface area (Å²) in [6.45, 7) is 3.63. The fourth-order valence-electron chi connectivity index (χ4n) is 1.45. The molecule has 0 radical (unpaired) electrons. The summed E-state index contributed by atoms with van der Waals surface area (Å²) in [7, 11) is 3.30. The summed E-state index contributed by atoms with van der Waals surface area (Å²) in [5.41, 5.74) is 5.92. The number of carbonyl (C=O) groups excluding carboxylic acids is 2. The second-order valence-corrected chi connectivity index (χ2v) is 4.04. The van der Waals surface area contributed by atoms with Crippen LogP contribution in [0.15, 0.2) is 6.20 Å². The Morgan fingerprint density at radius 3 is 2.67 bits per heavy atom. The van der Waals surface area contributed by atoms with Gasteiger partial charge < -0.3 is 15.4 Å². The molecule has 1 amide bonds. The first-order valence-corrected chi connectivity index (χ1v) is 5.61. The van der Waals surface area contributed by atoms with E-state index in [4.69, 9.17) is 10.5 Å². The molecule has 0 aliphatic carbocycles. The van der Waals surface area contributed by atoms with Crippen molar-refractivity contribution in [2.24, 2.45) is 0 Å². The number of esters is 1. The van der Waals surface area contributed by atoms with Gasteiger partial charge in [-0.25, -0.2) is 4.79 Å². The van der Waals surface area contributed by atoms with Crippen LogP contribution in [0.1, 0.15) is 30.4 Å².